The molecule has 0 radical (unpaired) electrons. The maximum Gasteiger partial charge on any atom is 0.252 e. The van der Waals surface area contributed by atoms with Crippen molar-refractivity contribution in [1.82, 2.24) is 10.3 Å². The Bertz CT molecular complexity index is 1550. The first kappa shape index (κ1) is 28.1. The zero-order valence-electron chi connectivity index (χ0n) is 21.4. The molecule has 3 aromatic rings. The summed E-state index contributed by atoms with van der Waals surface area (Å²) in [6.07, 6.45) is 0.539. The van der Waals surface area contributed by atoms with Crippen molar-refractivity contribution in [3.8, 4) is 6.07 Å². The summed E-state index contributed by atoms with van der Waals surface area (Å²) in [7, 11) is 0. The van der Waals surface area contributed by atoms with E-state index in [2.05, 4.69) is 10.3 Å². The number of nitrogens with one attached hydrogen (secondary N) is 1. The van der Waals surface area contributed by atoms with Crippen LogP contribution in [0.15, 0.2) is 60.8 Å². The smallest absolute Gasteiger partial charge is 0.252 e. The second kappa shape index (κ2) is 11.2. The first-order valence-corrected chi connectivity index (χ1v) is 13.1. The lowest BCUT2D eigenvalue weighted by molar-refractivity contribution is -0.131. The Hall–Kier alpha value is -4.43. The highest BCUT2D eigenvalue weighted by atomic mass is 35.5. The Morgan fingerprint density at radius 1 is 1.22 bits per heavy atom. The fourth-order valence-electron chi connectivity index (χ4n) is 5.33. The molecule has 8 nitrogen and oxygen atoms in total. The van der Waals surface area contributed by atoms with Crippen LogP contribution in [0.2, 0.25) is 5.02 Å². The van der Waals surface area contributed by atoms with Crippen molar-refractivity contribution in [2.75, 3.05) is 16.3 Å². The minimum atomic E-state index is -2.89. The van der Waals surface area contributed by atoms with E-state index in [1.807, 2.05) is 6.07 Å². The number of aromatic nitrogens is 1. The summed E-state index contributed by atoms with van der Waals surface area (Å²) in [6, 6.07) is 13.0. The number of hydrogen-bond donors (Lipinski definition) is 1. The van der Waals surface area contributed by atoms with Crippen molar-refractivity contribution in [2.24, 2.45) is 0 Å². The number of benzene rings is 2. The van der Waals surface area contributed by atoms with Crippen LogP contribution in [-0.2, 0) is 14.4 Å². The zero-order valence-corrected chi connectivity index (χ0v) is 22.2. The molecule has 5 rings (SSSR count). The van der Waals surface area contributed by atoms with Gasteiger partial charge in [-0.25, -0.2) is 18.2 Å². The molecule has 2 aromatic carbocycles. The standard InChI is InChI=1S/C29H23ClF3N5O3/c30-21-5-2-1-4-20(21)27(28(41)36-19-12-29(32,33)13-19)38(16-39)23-7-3-6-22(31)26(23)18-11-25(40)37(15-18)24-10-17(14-34)8-9-35-24/h1-10,16,18-19,27H,11-13,15H2,(H,36,41). The van der Waals surface area contributed by atoms with E-state index in [4.69, 9.17) is 11.6 Å². The number of amides is 3. The maximum absolute atomic E-state index is 15.5. The van der Waals surface area contributed by atoms with Crippen molar-refractivity contribution < 1.29 is 27.6 Å². The highest BCUT2D eigenvalue weighted by molar-refractivity contribution is 6.31. The van der Waals surface area contributed by atoms with Crippen LogP contribution in [0.3, 0.4) is 0 Å². The predicted molar refractivity (Wildman–Crippen MR) is 144 cm³/mol. The minimum Gasteiger partial charge on any atom is -0.351 e. The third-order valence-corrected chi connectivity index (χ3v) is 7.61. The molecule has 2 fully saturated rings. The van der Waals surface area contributed by atoms with Gasteiger partial charge in [0, 0.05) is 60.1 Å². The van der Waals surface area contributed by atoms with Crippen LogP contribution in [0.25, 0.3) is 0 Å². The second-order valence-corrected chi connectivity index (χ2v) is 10.4. The van der Waals surface area contributed by atoms with Gasteiger partial charge in [-0.2, -0.15) is 5.26 Å². The van der Waals surface area contributed by atoms with E-state index in [1.54, 1.807) is 12.1 Å². The fraction of sp³-hybridized carbons (Fsp3) is 0.276. The lowest BCUT2D eigenvalue weighted by Crippen LogP contribution is -2.53. The molecule has 0 spiro atoms. The molecule has 1 aliphatic carbocycles. The number of hydrogen-bond acceptors (Lipinski definition) is 5. The number of nitriles is 1. The molecule has 0 bridgehead atoms. The van der Waals surface area contributed by atoms with Gasteiger partial charge in [0.1, 0.15) is 17.7 Å². The molecule has 1 N–H and O–H groups in total. The van der Waals surface area contributed by atoms with Gasteiger partial charge in [0.25, 0.3) is 5.92 Å². The zero-order chi connectivity index (χ0) is 29.3. The maximum atomic E-state index is 15.5. The van der Waals surface area contributed by atoms with Crippen molar-refractivity contribution in [2.45, 2.75) is 43.2 Å². The topological polar surface area (TPSA) is 106 Å². The van der Waals surface area contributed by atoms with E-state index in [0.717, 1.165) is 4.90 Å². The first-order chi connectivity index (χ1) is 19.6. The molecule has 210 valence electrons. The quantitative estimate of drug-likeness (QED) is 0.382. The van der Waals surface area contributed by atoms with E-state index in [1.165, 1.54) is 53.6 Å². The molecular formula is C29H23ClF3N5O3. The number of carbonyl (C=O) groups excluding carboxylic acids is 3. The Balaban J connectivity index is 1.53. The van der Waals surface area contributed by atoms with Crippen LogP contribution in [-0.4, -0.2) is 41.7 Å². The Kier molecular flexibility index (Phi) is 7.69. The lowest BCUT2D eigenvalue weighted by Gasteiger charge is -2.38. The van der Waals surface area contributed by atoms with Gasteiger partial charge in [0.15, 0.2) is 0 Å². The van der Waals surface area contributed by atoms with Gasteiger partial charge in [-0.15, -0.1) is 0 Å². The third-order valence-electron chi connectivity index (χ3n) is 7.27. The van der Waals surface area contributed by atoms with Crippen molar-refractivity contribution in [3.05, 3.63) is 88.3 Å². The molecule has 1 saturated heterocycles. The number of carbonyl (C=O) groups is 3. The van der Waals surface area contributed by atoms with Crippen LogP contribution in [0.1, 0.15) is 47.9 Å². The van der Waals surface area contributed by atoms with Gasteiger partial charge in [0.05, 0.1) is 17.3 Å². The average molecular weight is 582 g/mol. The second-order valence-electron chi connectivity index (χ2n) is 10.00. The van der Waals surface area contributed by atoms with Gasteiger partial charge in [-0.3, -0.25) is 24.2 Å². The minimum absolute atomic E-state index is 0.00145. The normalized spacial score (nSPS) is 18.8. The molecule has 2 unspecified atom stereocenters. The molecule has 41 heavy (non-hydrogen) atoms. The van der Waals surface area contributed by atoms with E-state index >= 15 is 4.39 Å². The molecule has 1 aromatic heterocycles. The Morgan fingerprint density at radius 3 is 2.66 bits per heavy atom. The number of alkyl halides is 2. The van der Waals surface area contributed by atoms with Gasteiger partial charge in [-0.05, 0) is 30.3 Å². The van der Waals surface area contributed by atoms with Gasteiger partial charge in [0.2, 0.25) is 18.2 Å². The summed E-state index contributed by atoms with van der Waals surface area (Å²) >= 11 is 6.41. The number of nitrogens with zero attached hydrogens (tertiary/aromatic N) is 4. The highest BCUT2D eigenvalue weighted by Gasteiger charge is 2.47. The van der Waals surface area contributed by atoms with E-state index in [0.29, 0.717) is 12.0 Å². The molecule has 2 atom stereocenters. The fourth-order valence-corrected chi connectivity index (χ4v) is 5.57. The largest absolute Gasteiger partial charge is 0.351 e. The van der Waals surface area contributed by atoms with E-state index in [9.17, 15) is 28.4 Å². The SMILES string of the molecule is N#Cc1ccnc(N2CC(c3c(F)cccc3N(C=O)C(C(=O)NC3CC(F)(F)C3)c3ccccc3Cl)CC2=O)c1. The number of pyridine rings is 1. The number of halogens is 4. The van der Waals surface area contributed by atoms with Crippen LogP contribution >= 0.6 is 11.6 Å². The van der Waals surface area contributed by atoms with Crippen molar-refractivity contribution in [3.63, 3.8) is 0 Å². The highest BCUT2D eigenvalue weighted by Crippen LogP contribution is 2.42. The van der Waals surface area contributed by atoms with Crippen LogP contribution in [0, 0.1) is 17.1 Å². The van der Waals surface area contributed by atoms with Gasteiger partial charge >= 0.3 is 0 Å². The van der Waals surface area contributed by atoms with Gasteiger partial charge in [-0.1, -0.05) is 35.9 Å². The molecule has 12 heteroatoms. The van der Waals surface area contributed by atoms with Crippen LogP contribution in [0.4, 0.5) is 24.7 Å². The molecule has 2 heterocycles. The Labute approximate surface area is 238 Å². The third kappa shape index (κ3) is 5.60. The summed E-state index contributed by atoms with van der Waals surface area (Å²) < 4.78 is 42.5. The summed E-state index contributed by atoms with van der Waals surface area (Å²) in [5.74, 6) is -5.23. The molecule has 1 aliphatic heterocycles. The molecule has 3 amide bonds. The van der Waals surface area contributed by atoms with Gasteiger partial charge < -0.3 is 5.32 Å². The molecule has 1 saturated carbocycles. The van der Waals surface area contributed by atoms with Crippen molar-refractivity contribution >= 4 is 41.3 Å². The van der Waals surface area contributed by atoms with Crippen LogP contribution < -0.4 is 15.1 Å². The number of anilines is 2. The number of rotatable bonds is 8. The molecular weight excluding hydrogens is 559 g/mol. The summed E-state index contributed by atoms with van der Waals surface area (Å²) in [5.41, 5.74) is 0.550. The summed E-state index contributed by atoms with van der Waals surface area (Å²) in [5, 5.41) is 11.9. The van der Waals surface area contributed by atoms with E-state index in [-0.39, 0.29) is 46.5 Å². The van der Waals surface area contributed by atoms with Crippen molar-refractivity contribution in [1.29, 1.82) is 5.26 Å². The average Bonchev–Trinajstić information content (AvgIpc) is 3.32. The summed E-state index contributed by atoms with van der Waals surface area (Å²) in [6.45, 7) is 0.00145. The first-order valence-electron chi connectivity index (χ1n) is 12.7. The van der Waals surface area contributed by atoms with Crippen LogP contribution in [0.5, 0.6) is 0 Å². The monoisotopic (exact) mass is 581 g/mol. The predicted octanol–water partition coefficient (Wildman–Crippen LogP) is 4.88. The Morgan fingerprint density at radius 2 is 1.98 bits per heavy atom. The lowest BCUT2D eigenvalue weighted by atomic mass is 9.87. The molecule has 2 aliphatic rings. The van der Waals surface area contributed by atoms with E-state index < -0.39 is 48.5 Å². The summed E-state index contributed by atoms with van der Waals surface area (Å²) in [4.78, 5) is 45.7.